The standard InChI is InChI=1S/C15H18N4O2/c1-19-6-5-10(8-19)13-15(21-2)18-12-7-9(14(16)20)3-4-11(12)17-13/h3-4,7,10H,5-6,8H2,1-2H3,(H2,16,20). The number of likely N-dealkylation sites (N-methyl/N-ethyl adjacent to an activating group) is 1. The van der Waals surface area contributed by atoms with Crippen molar-refractivity contribution in [1.29, 1.82) is 0 Å². The summed E-state index contributed by atoms with van der Waals surface area (Å²) in [6.45, 7) is 2.00. The normalized spacial score (nSPS) is 19.0. The van der Waals surface area contributed by atoms with Gasteiger partial charge in [-0.3, -0.25) is 4.79 Å². The van der Waals surface area contributed by atoms with Gasteiger partial charge in [-0.25, -0.2) is 9.97 Å². The second-order valence-electron chi connectivity index (χ2n) is 5.43. The maximum Gasteiger partial charge on any atom is 0.248 e. The predicted molar refractivity (Wildman–Crippen MR) is 79.5 cm³/mol. The van der Waals surface area contributed by atoms with Crippen molar-refractivity contribution in [2.75, 3.05) is 27.2 Å². The first-order valence-electron chi connectivity index (χ1n) is 6.92. The van der Waals surface area contributed by atoms with Gasteiger partial charge in [0.2, 0.25) is 11.8 Å². The molecule has 0 spiro atoms. The van der Waals surface area contributed by atoms with Gasteiger partial charge < -0.3 is 15.4 Å². The summed E-state index contributed by atoms with van der Waals surface area (Å²) in [5, 5.41) is 0. The van der Waals surface area contributed by atoms with Crippen LogP contribution < -0.4 is 10.5 Å². The summed E-state index contributed by atoms with van der Waals surface area (Å²) in [7, 11) is 3.69. The Hall–Kier alpha value is -2.21. The average molecular weight is 286 g/mol. The van der Waals surface area contributed by atoms with Gasteiger partial charge >= 0.3 is 0 Å². The van der Waals surface area contributed by atoms with Crippen molar-refractivity contribution < 1.29 is 9.53 Å². The summed E-state index contributed by atoms with van der Waals surface area (Å²) in [5.74, 6) is 0.390. The number of nitrogens with two attached hydrogens (primary N) is 1. The van der Waals surface area contributed by atoms with E-state index in [9.17, 15) is 4.79 Å². The summed E-state index contributed by atoms with van der Waals surface area (Å²) in [5.41, 5.74) is 7.99. The molecule has 1 unspecified atom stereocenters. The molecule has 0 radical (unpaired) electrons. The van der Waals surface area contributed by atoms with Gasteiger partial charge in [0.15, 0.2) is 0 Å². The maximum atomic E-state index is 11.2. The molecule has 1 fully saturated rings. The van der Waals surface area contributed by atoms with Gasteiger partial charge in [-0.05, 0) is 38.2 Å². The van der Waals surface area contributed by atoms with Crippen LogP contribution in [0.25, 0.3) is 11.0 Å². The zero-order chi connectivity index (χ0) is 15.0. The van der Waals surface area contributed by atoms with E-state index in [1.54, 1.807) is 25.3 Å². The molecule has 3 rings (SSSR count). The number of methoxy groups -OCH3 is 1. The smallest absolute Gasteiger partial charge is 0.248 e. The molecule has 1 amide bonds. The van der Waals surface area contributed by atoms with Gasteiger partial charge in [-0.1, -0.05) is 0 Å². The van der Waals surface area contributed by atoms with Crippen molar-refractivity contribution in [3.8, 4) is 5.88 Å². The Morgan fingerprint density at radius 3 is 2.81 bits per heavy atom. The van der Waals surface area contributed by atoms with Crippen molar-refractivity contribution >= 4 is 16.9 Å². The van der Waals surface area contributed by atoms with E-state index in [1.165, 1.54) is 0 Å². The maximum absolute atomic E-state index is 11.2. The number of aromatic nitrogens is 2. The van der Waals surface area contributed by atoms with Gasteiger partial charge in [0.25, 0.3) is 0 Å². The SMILES string of the molecule is COc1nc2cc(C(N)=O)ccc2nc1C1CCN(C)C1. The molecule has 1 saturated heterocycles. The number of likely N-dealkylation sites (tertiary alicyclic amines) is 1. The lowest BCUT2D eigenvalue weighted by atomic mass is 10.0. The third-order valence-electron chi connectivity index (χ3n) is 3.91. The monoisotopic (exact) mass is 286 g/mol. The van der Waals surface area contributed by atoms with E-state index in [4.69, 9.17) is 15.5 Å². The van der Waals surface area contributed by atoms with E-state index < -0.39 is 5.91 Å². The minimum Gasteiger partial charge on any atom is -0.480 e. The van der Waals surface area contributed by atoms with Crippen LogP contribution >= 0.6 is 0 Å². The Bertz CT molecular complexity index is 701. The number of fused-ring (bicyclic) bond motifs is 1. The fourth-order valence-corrected chi connectivity index (χ4v) is 2.78. The Morgan fingerprint density at radius 1 is 1.38 bits per heavy atom. The lowest BCUT2D eigenvalue weighted by Gasteiger charge is -2.14. The van der Waals surface area contributed by atoms with Gasteiger partial charge in [-0.15, -0.1) is 0 Å². The number of rotatable bonds is 3. The van der Waals surface area contributed by atoms with E-state index in [2.05, 4.69) is 16.9 Å². The third-order valence-corrected chi connectivity index (χ3v) is 3.91. The second kappa shape index (κ2) is 5.29. The Labute approximate surface area is 122 Å². The van der Waals surface area contributed by atoms with E-state index in [0.29, 0.717) is 22.9 Å². The van der Waals surface area contributed by atoms with E-state index in [0.717, 1.165) is 30.7 Å². The van der Waals surface area contributed by atoms with E-state index in [-0.39, 0.29) is 0 Å². The number of benzene rings is 1. The molecule has 0 aliphatic carbocycles. The molecule has 6 heteroatoms. The van der Waals surface area contributed by atoms with Crippen LogP contribution in [0.5, 0.6) is 5.88 Å². The predicted octanol–water partition coefficient (Wildman–Crippen LogP) is 1.16. The van der Waals surface area contributed by atoms with Crippen LogP contribution in [0.4, 0.5) is 0 Å². The van der Waals surface area contributed by atoms with Gasteiger partial charge in [-0.2, -0.15) is 0 Å². The first-order chi connectivity index (χ1) is 10.1. The minimum absolute atomic E-state index is 0.331. The average Bonchev–Trinajstić information content (AvgIpc) is 2.91. The largest absolute Gasteiger partial charge is 0.480 e. The van der Waals surface area contributed by atoms with Crippen LogP contribution in [0.2, 0.25) is 0 Å². The van der Waals surface area contributed by atoms with Crippen molar-refractivity contribution in [2.24, 2.45) is 5.73 Å². The highest BCUT2D eigenvalue weighted by Crippen LogP contribution is 2.31. The molecule has 2 aromatic rings. The molecule has 21 heavy (non-hydrogen) atoms. The van der Waals surface area contributed by atoms with Crippen LogP contribution in [0.1, 0.15) is 28.4 Å². The number of primary amides is 1. The highest BCUT2D eigenvalue weighted by atomic mass is 16.5. The zero-order valence-electron chi connectivity index (χ0n) is 12.2. The first-order valence-corrected chi connectivity index (χ1v) is 6.92. The first kappa shape index (κ1) is 13.8. The van der Waals surface area contributed by atoms with Crippen LogP contribution in [-0.2, 0) is 0 Å². The summed E-state index contributed by atoms with van der Waals surface area (Å²) >= 11 is 0. The summed E-state index contributed by atoms with van der Waals surface area (Å²) < 4.78 is 5.39. The van der Waals surface area contributed by atoms with Crippen molar-refractivity contribution in [2.45, 2.75) is 12.3 Å². The summed E-state index contributed by atoms with van der Waals surface area (Å²) in [6.07, 6.45) is 1.05. The number of hydrogen-bond acceptors (Lipinski definition) is 5. The highest BCUT2D eigenvalue weighted by Gasteiger charge is 2.26. The molecule has 0 bridgehead atoms. The van der Waals surface area contributed by atoms with Crippen molar-refractivity contribution in [1.82, 2.24) is 14.9 Å². The Balaban J connectivity index is 2.09. The number of carbonyl (C=O) groups excluding carboxylic acids is 1. The second-order valence-corrected chi connectivity index (χ2v) is 5.43. The quantitative estimate of drug-likeness (QED) is 0.915. The number of hydrogen-bond donors (Lipinski definition) is 1. The fourth-order valence-electron chi connectivity index (χ4n) is 2.78. The summed E-state index contributed by atoms with van der Waals surface area (Å²) in [6, 6.07) is 5.11. The van der Waals surface area contributed by atoms with Crippen LogP contribution in [0.15, 0.2) is 18.2 Å². The molecule has 0 saturated carbocycles. The zero-order valence-corrected chi connectivity index (χ0v) is 12.2. The lowest BCUT2D eigenvalue weighted by Crippen LogP contribution is -2.15. The molecule has 2 heterocycles. The molecule has 110 valence electrons. The van der Waals surface area contributed by atoms with Gasteiger partial charge in [0.05, 0.1) is 18.1 Å². The van der Waals surface area contributed by atoms with Crippen LogP contribution in [-0.4, -0.2) is 48.0 Å². The molecule has 1 aliphatic heterocycles. The molecular formula is C15H18N4O2. The molecule has 2 N–H and O–H groups in total. The van der Waals surface area contributed by atoms with E-state index >= 15 is 0 Å². The van der Waals surface area contributed by atoms with Crippen molar-refractivity contribution in [3.63, 3.8) is 0 Å². The molecule has 1 atom stereocenters. The van der Waals surface area contributed by atoms with Gasteiger partial charge in [0, 0.05) is 18.0 Å². The highest BCUT2D eigenvalue weighted by molar-refractivity contribution is 5.96. The molecule has 1 aromatic carbocycles. The number of nitrogens with zero attached hydrogens (tertiary/aromatic N) is 3. The minimum atomic E-state index is -0.473. The van der Waals surface area contributed by atoms with Crippen LogP contribution in [0.3, 0.4) is 0 Å². The molecular weight excluding hydrogens is 268 g/mol. The Morgan fingerprint density at radius 2 is 2.19 bits per heavy atom. The van der Waals surface area contributed by atoms with Gasteiger partial charge in [0.1, 0.15) is 5.69 Å². The van der Waals surface area contributed by atoms with E-state index in [1.807, 2.05) is 0 Å². The lowest BCUT2D eigenvalue weighted by molar-refractivity contribution is 0.100. The third kappa shape index (κ3) is 2.54. The Kier molecular flexibility index (Phi) is 3.47. The molecule has 1 aromatic heterocycles. The topological polar surface area (TPSA) is 81.3 Å². The number of amides is 1. The van der Waals surface area contributed by atoms with Crippen LogP contribution in [0, 0.1) is 0 Å². The molecule has 1 aliphatic rings. The number of carbonyl (C=O) groups is 1. The number of ether oxygens (including phenoxy) is 1. The molecule has 6 nitrogen and oxygen atoms in total. The summed E-state index contributed by atoms with van der Waals surface area (Å²) in [4.78, 5) is 22.7. The van der Waals surface area contributed by atoms with Crippen molar-refractivity contribution in [3.05, 3.63) is 29.5 Å². The fraction of sp³-hybridized carbons (Fsp3) is 0.400.